The topological polar surface area (TPSA) is 177 Å². The summed E-state index contributed by atoms with van der Waals surface area (Å²) in [6, 6.07) is -0.834. The predicted octanol–water partition coefficient (Wildman–Crippen LogP) is 1.68. The minimum atomic E-state index is -1.72. The molecule has 0 unspecified atom stereocenters. The number of carbonyl (C=O) groups excluding carboxylic acids is 2. The summed E-state index contributed by atoms with van der Waals surface area (Å²) in [4.78, 5) is 30.0. The number of ether oxygens (including phenoxy) is 2. The van der Waals surface area contributed by atoms with Gasteiger partial charge < -0.3 is 35.0 Å². The molecular formula is C25H45N5O7. The second-order valence-electron chi connectivity index (χ2n) is 10.6. The van der Waals surface area contributed by atoms with Crippen LogP contribution in [0.25, 0.3) is 10.4 Å². The second kappa shape index (κ2) is 16.6. The molecule has 4 N–H and O–H groups in total. The zero-order valence-corrected chi connectivity index (χ0v) is 22.7. The van der Waals surface area contributed by atoms with Crippen molar-refractivity contribution in [3.05, 3.63) is 22.6 Å². The molecule has 0 radical (unpaired) electrons. The fourth-order valence-corrected chi connectivity index (χ4v) is 3.97. The summed E-state index contributed by atoms with van der Waals surface area (Å²) in [6.07, 6.45) is 1.11. The van der Waals surface area contributed by atoms with Crippen molar-refractivity contribution < 1.29 is 34.4 Å². The van der Waals surface area contributed by atoms with Crippen LogP contribution in [0.5, 0.6) is 0 Å². The molecule has 0 bridgehead atoms. The Hall–Kier alpha value is -2.21. The number of rotatable bonds is 15. The molecule has 0 aromatic rings. The Kier molecular flexibility index (Phi) is 14.7. The summed E-state index contributed by atoms with van der Waals surface area (Å²) in [7, 11) is 2.85. The average Bonchev–Trinajstić information content (AvgIpc) is 2.97. The number of amides is 2. The third kappa shape index (κ3) is 12.3. The Balaban J connectivity index is 2.62. The van der Waals surface area contributed by atoms with Crippen molar-refractivity contribution >= 4 is 11.8 Å². The lowest BCUT2D eigenvalue weighted by atomic mass is 9.94. The van der Waals surface area contributed by atoms with Gasteiger partial charge in [-0.05, 0) is 36.6 Å². The second-order valence-corrected chi connectivity index (χ2v) is 10.6. The molecule has 12 nitrogen and oxygen atoms in total. The number of aliphatic hydroxyl groups is 3. The number of likely N-dealkylation sites (tertiary alicyclic amines) is 1. The lowest BCUT2D eigenvalue weighted by Crippen LogP contribution is -2.55. The molecule has 12 heteroatoms. The molecule has 1 rings (SSSR count). The minimum absolute atomic E-state index is 0.172. The van der Waals surface area contributed by atoms with E-state index in [-0.39, 0.29) is 17.4 Å². The van der Waals surface area contributed by atoms with Crippen LogP contribution in [0.1, 0.15) is 59.3 Å². The largest absolute Gasteiger partial charge is 0.387 e. The van der Waals surface area contributed by atoms with Crippen molar-refractivity contribution in [1.29, 1.82) is 0 Å². The first-order valence-electron chi connectivity index (χ1n) is 12.9. The highest BCUT2D eigenvalue weighted by Gasteiger charge is 2.38. The van der Waals surface area contributed by atoms with E-state index < -0.39 is 36.4 Å². The number of carbonyl (C=O) groups is 2. The minimum Gasteiger partial charge on any atom is -0.387 e. The molecule has 0 saturated carbocycles. The number of aliphatic hydroxyl groups excluding tert-OH is 3. The van der Waals surface area contributed by atoms with Crippen LogP contribution in [0.15, 0.2) is 17.3 Å². The quantitative estimate of drug-likeness (QED) is 0.0822. The van der Waals surface area contributed by atoms with Crippen LogP contribution in [-0.4, -0.2) is 102 Å². The van der Waals surface area contributed by atoms with Crippen LogP contribution < -0.4 is 5.32 Å². The van der Waals surface area contributed by atoms with E-state index in [4.69, 9.17) is 15.0 Å². The summed E-state index contributed by atoms with van der Waals surface area (Å²) in [5.74, 6) is -1.04. The molecule has 1 heterocycles. The Labute approximate surface area is 219 Å². The smallest absolute Gasteiger partial charge is 0.252 e. The first-order valence-corrected chi connectivity index (χ1v) is 12.9. The average molecular weight is 528 g/mol. The maximum atomic E-state index is 12.9. The van der Waals surface area contributed by atoms with Gasteiger partial charge in [-0.25, -0.2) is 0 Å². The number of likely N-dealkylation sites (N-methyl/N-ethyl adjacent to an activating group) is 1. The molecule has 1 saturated heterocycles. The van der Waals surface area contributed by atoms with Crippen LogP contribution in [-0.2, 0) is 19.1 Å². The number of nitrogens with one attached hydrogen (secondary N) is 1. The number of hydrogen-bond donors (Lipinski definition) is 4. The van der Waals surface area contributed by atoms with E-state index in [1.54, 1.807) is 13.1 Å². The number of nitrogens with zero attached hydrogens (tertiary/aromatic N) is 4. The van der Waals surface area contributed by atoms with Gasteiger partial charge in [0.15, 0.2) is 6.10 Å². The maximum absolute atomic E-state index is 12.9. The summed E-state index contributed by atoms with van der Waals surface area (Å²) >= 11 is 0. The third-order valence-electron chi connectivity index (χ3n) is 6.13. The van der Waals surface area contributed by atoms with Crippen LogP contribution in [0, 0.1) is 5.41 Å². The lowest BCUT2D eigenvalue weighted by molar-refractivity contribution is -0.151. The molecule has 1 aliphatic rings. The molecule has 0 aromatic carbocycles. The first kappa shape index (κ1) is 32.8. The number of methoxy groups -OCH3 is 1. The fraction of sp³-hybridized carbons (Fsp3) is 0.840. The number of unbranched alkanes of at least 4 members (excludes halogenated alkanes) is 3. The zero-order valence-electron chi connectivity index (χ0n) is 22.7. The monoisotopic (exact) mass is 527 g/mol. The van der Waals surface area contributed by atoms with E-state index in [2.05, 4.69) is 15.3 Å². The molecular weight excluding hydrogens is 482 g/mol. The van der Waals surface area contributed by atoms with Crippen molar-refractivity contribution in [2.75, 3.05) is 33.9 Å². The van der Waals surface area contributed by atoms with Crippen molar-refractivity contribution in [2.45, 2.75) is 95.9 Å². The van der Waals surface area contributed by atoms with Crippen LogP contribution in [0.3, 0.4) is 0 Å². The Morgan fingerprint density at radius 2 is 1.89 bits per heavy atom. The molecule has 2 amide bonds. The van der Waals surface area contributed by atoms with Crippen molar-refractivity contribution in [1.82, 2.24) is 10.2 Å². The molecule has 1 aliphatic heterocycles. The number of hydrogen-bond acceptors (Lipinski definition) is 8. The van der Waals surface area contributed by atoms with Gasteiger partial charge in [-0.3, -0.25) is 9.59 Å². The van der Waals surface area contributed by atoms with Gasteiger partial charge in [-0.2, -0.15) is 0 Å². The van der Waals surface area contributed by atoms with E-state index in [0.717, 1.165) is 25.7 Å². The summed E-state index contributed by atoms with van der Waals surface area (Å²) in [5, 5.41) is 37.2. The van der Waals surface area contributed by atoms with Gasteiger partial charge in [0, 0.05) is 38.8 Å². The van der Waals surface area contributed by atoms with Crippen molar-refractivity contribution in [3.63, 3.8) is 0 Å². The summed E-state index contributed by atoms with van der Waals surface area (Å²) in [5.41, 5.74) is 8.03. The maximum Gasteiger partial charge on any atom is 0.252 e. The van der Waals surface area contributed by atoms with Crippen LogP contribution >= 0.6 is 0 Å². The molecule has 212 valence electrons. The molecule has 0 aromatic heterocycles. The number of azide groups is 1. The lowest BCUT2D eigenvalue weighted by Gasteiger charge is -2.29. The van der Waals surface area contributed by atoms with Crippen LogP contribution in [0.2, 0.25) is 0 Å². The third-order valence-corrected chi connectivity index (χ3v) is 6.13. The van der Waals surface area contributed by atoms with E-state index in [1.165, 1.54) is 18.1 Å². The van der Waals surface area contributed by atoms with Gasteiger partial charge in [0.2, 0.25) is 5.91 Å². The molecule has 6 atom stereocenters. The predicted molar refractivity (Wildman–Crippen MR) is 138 cm³/mol. The zero-order chi connectivity index (χ0) is 28.0. The van der Waals surface area contributed by atoms with Gasteiger partial charge in [0.25, 0.3) is 5.91 Å². The van der Waals surface area contributed by atoms with Gasteiger partial charge >= 0.3 is 0 Å². The highest BCUT2D eigenvalue weighted by Crippen LogP contribution is 2.18. The summed E-state index contributed by atoms with van der Waals surface area (Å²) < 4.78 is 11.1. The molecule has 0 spiro atoms. The first-order chi connectivity index (χ1) is 17.4. The highest BCUT2D eigenvalue weighted by atomic mass is 16.5. The highest BCUT2D eigenvalue weighted by molar-refractivity contribution is 5.89. The van der Waals surface area contributed by atoms with Gasteiger partial charge in [0.05, 0.1) is 6.10 Å². The van der Waals surface area contributed by atoms with E-state index in [9.17, 15) is 24.9 Å². The SMILES string of the molecule is CO[C@@H](C(=O)N[C@H]1CC[C@@H](OCCCCCCN=[N+]=[N-])CN(C)C1=O)[C@H](O)[C@@H](O)[C@H](O)C=CC(C)(C)C. The van der Waals surface area contributed by atoms with Gasteiger partial charge in [-0.15, -0.1) is 0 Å². The molecule has 37 heavy (non-hydrogen) atoms. The van der Waals surface area contributed by atoms with Gasteiger partial charge in [-0.1, -0.05) is 50.9 Å². The fourth-order valence-electron chi connectivity index (χ4n) is 3.97. The van der Waals surface area contributed by atoms with Crippen LogP contribution in [0.4, 0.5) is 0 Å². The standard InChI is InChI=1S/C25H45N5O7/c1-25(2,3)13-12-19(31)20(32)21(33)22(36-5)23(34)28-18-11-10-17(16-30(4)24(18)35)37-15-9-7-6-8-14-27-29-26/h12-13,17-22,31-33H,6-11,14-16H2,1-5H3,(H,28,34)/t17-,18+,19-,20+,21-,22-/m1/s1. The molecule has 1 fully saturated rings. The number of allylic oxidation sites excluding steroid dienone is 1. The van der Waals surface area contributed by atoms with E-state index >= 15 is 0 Å². The van der Waals surface area contributed by atoms with E-state index in [0.29, 0.717) is 32.5 Å². The molecule has 0 aliphatic carbocycles. The van der Waals surface area contributed by atoms with Crippen molar-refractivity contribution in [2.24, 2.45) is 10.5 Å². The van der Waals surface area contributed by atoms with Crippen molar-refractivity contribution in [3.8, 4) is 0 Å². The van der Waals surface area contributed by atoms with Gasteiger partial charge in [0.1, 0.15) is 24.4 Å². The van der Waals surface area contributed by atoms with E-state index in [1.807, 2.05) is 20.8 Å². The Bertz CT molecular complexity index is 782. The Morgan fingerprint density at radius 3 is 2.51 bits per heavy atom. The normalized spacial score (nSPS) is 22.2. The Morgan fingerprint density at radius 1 is 1.22 bits per heavy atom. The summed E-state index contributed by atoms with van der Waals surface area (Å²) in [6.45, 7) is 7.18.